The summed E-state index contributed by atoms with van der Waals surface area (Å²) in [5.74, 6) is -3.19. The Hall–Kier alpha value is -1.75. The summed E-state index contributed by atoms with van der Waals surface area (Å²) >= 11 is 0. The number of carbonyl (C=O) groups excluding carboxylic acids is 3. The Bertz CT molecular complexity index is 534. The predicted molar refractivity (Wildman–Crippen MR) is 77.8 cm³/mol. The van der Waals surface area contributed by atoms with Gasteiger partial charge in [-0.3, -0.25) is 19.1 Å². The number of esters is 3. The van der Waals surface area contributed by atoms with Crippen LogP contribution in [0.3, 0.4) is 0 Å². The van der Waals surface area contributed by atoms with E-state index in [2.05, 4.69) is 0 Å². The lowest BCUT2D eigenvalue weighted by Gasteiger charge is -2.40. The number of methoxy groups -OCH3 is 1. The van der Waals surface area contributed by atoms with Gasteiger partial charge in [-0.1, -0.05) is 0 Å². The number of rotatable bonds is 5. The molecule has 0 saturated carbocycles. The Kier molecular flexibility index (Phi) is 5.99. The molecular formula is C15H22O10. The van der Waals surface area contributed by atoms with Crippen molar-refractivity contribution in [3.63, 3.8) is 0 Å². The number of fused-ring (bicyclic) bond motifs is 1. The van der Waals surface area contributed by atoms with Crippen LogP contribution >= 0.6 is 0 Å². The molecule has 2 aliphatic rings. The van der Waals surface area contributed by atoms with E-state index >= 15 is 0 Å². The smallest absolute Gasteiger partial charge is 0.303 e. The Balaban J connectivity index is 2.29. The van der Waals surface area contributed by atoms with Crippen molar-refractivity contribution in [2.24, 2.45) is 0 Å². The van der Waals surface area contributed by atoms with Gasteiger partial charge in [0.1, 0.15) is 12.7 Å². The van der Waals surface area contributed by atoms with Crippen LogP contribution in [0.25, 0.3) is 0 Å². The maximum absolute atomic E-state index is 11.5. The molecule has 0 aromatic rings. The van der Waals surface area contributed by atoms with Crippen molar-refractivity contribution in [1.82, 2.24) is 0 Å². The van der Waals surface area contributed by atoms with Crippen LogP contribution in [-0.2, 0) is 47.5 Å². The first kappa shape index (κ1) is 19.6. The molecule has 0 radical (unpaired) electrons. The van der Waals surface area contributed by atoms with Crippen molar-refractivity contribution >= 4 is 17.9 Å². The Labute approximate surface area is 144 Å². The third-order valence-corrected chi connectivity index (χ3v) is 3.70. The van der Waals surface area contributed by atoms with Crippen LogP contribution in [0.2, 0.25) is 0 Å². The molecule has 0 aromatic heterocycles. The zero-order valence-corrected chi connectivity index (χ0v) is 14.7. The van der Waals surface area contributed by atoms with Crippen molar-refractivity contribution in [2.75, 3.05) is 13.7 Å². The number of hydrogen-bond donors (Lipinski definition) is 0. The molecule has 2 rings (SSSR count). The summed E-state index contributed by atoms with van der Waals surface area (Å²) in [7, 11) is 1.37. The Morgan fingerprint density at radius 3 is 2.08 bits per heavy atom. The minimum Gasteiger partial charge on any atom is -0.463 e. The molecule has 2 saturated heterocycles. The van der Waals surface area contributed by atoms with E-state index in [1.807, 2.05) is 0 Å². The second-order valence-corrected chi connectivity index (χ2v) is 5.76. The third-order valence-electron chi connectivity index (χ3n) is 3.70. The van der Waals surface area contributed by atoms with Crippen LogP contribution in [-0.4, -0.2) is 68.3 Å². The molecule has 0 spiro atoms. The van der Waals surface area contributed by atoms with E-state index in [0.717, 1.165) is 0 Å². The summed E-state index contributed by atoms with van der Waals surface area (Å²) in [5.41, 5.74) is 0. The highest BCUT2D eigenvalue weighted by Crippen LogP contribution is 2.39. The fraction of sp³-hybridized carbons (Fsp3) is 0.800. The molecule has 2 heterocycles. The lowest BCUT2D eigenvalue weighted by atomic mass is 9.98. The summed E-state index contributed by atoms with van der Waals surface area (Å²) in [4.78, 5) is 34.1. The average molecular weight is 362 g/mol. The molecule has 10 heteroatoms. The number of ether oxygens (including phenoxy) is 7. The molecule has 0 N–H and O–H groups in total. The standard InChI is InChI=1S/C15H22O10/c1-7(16)20-6-10-11(21-8(2)17)12(22-9(3)18)13-14(23-10)25-15(4,19-5)24-13/h10-14H,6H2,1-5H3/t10-,11+,12+,13-,14-,15-/m1/s1. The van der Waals surface area contributed by atoms with Gasteiger partial charge < -0.3 is 28.4 Å². The Morgan fingerprint density at radius 2 is 1.56 bits per heavy atom. The summed E-state index contributed by atoms with van der Waals surface area (Å²) in [6, 6.07) is 0. The highest BCUT2D eigenvalue weighted by Gasteiger charge is 2.59. The van der Waals surface area contributed by atoms with Crippen LogP contribution in [0.5, 0.6) is 0 Å². The van der Waals surface area contributed by atoms with E-state index in [0.29, 0.717) is 0 Å². The van der Waals surface area contributed by atoms with E-state index < -0.39 is 54.6 Å². The molecule has 2 aliphatic heterocycles. The maximum Gasteiger partial charge on any atom is 0.303 e. The van der Waals surface area contributed by atoms with Crippen LogP contribution in [0.1, 0.15) is 27.7 Å². The lowest BCUT2D eigenvalue weighted by Crippen LogP contribution is -2.60. The SMILES string of the molecule is CO[C@@]1(C)O[C@H]2O[C@H](COC(C)=O)[C@H](OC(C)=O)[C@H](OC(C)=O)[C@H]2O1. The van der Waals surface area contributed by atoms with Crippen molar-refractivity contribution in [3.05, 3.63) is 0 Å². The van der Waals surface area contributed by atoms with Crippen LogP contribution in [0, 0.1) is 0 Å². The topological polar surface area (TPSA) is 116 Å². The van der Waals surface area contributed by atoms with Gasteiger partial charge in [-0.25, -0.2) is 0 Å². The zero-order valence-electron chi connectivity index (χ0n) is 14.7. The molecule has 2 fully saturated rings. The van der Waals surface area contributed by atoms with Gasteiger partial charge in [0.15, 0.2) is 24.6 Å². The Morgan fingerprint density at radius 1 is 0.960 bits per heavy atom. The van der Waals surface area contributed by atoms with Crippen LogP contribution in [0.15, 0.2) is 0 Å². The molecule has 25 heavy (non-hydrogen) atoms. The van der Waals surface area contributed by atoms with E-state index in [-0.39, 0.29) is 6.61 Å². The largest absolute Gasteiger partial charge is 0.463 e. The minimum atomic E-state index is -1.43. The maximum atomic E-state index is 11.5. The van der Waals surface area contributed by atoms with Crippen molar-refractivity contribution in [2.45, 2.75) is 64.4 Å². The van der Waals surface area contributed by atoms with E-state index in [4.69, 9.17) is 33.2 Å². The predicted octanol–water partition coefficient (Wildman–Crippen LogP) is -0.127. The molecular weight excluding hydrogens is 340 g/mol. The third kappa shape index (κ3) is 4.66. The minimum absolute atomic E-state index is 0.221. The summed E-state index contributed by atoms with van der Waals surface area (Å²) < 4.78 is 37.6. The van der Waals surface area contributed by atoms with Gasteiger partial charge in [-0.05, 0) is 0 Å². The first-order chi connectivity index (χ1) is 11.6. The lowest BCUT2D eigenvalue weighted by molar-refractivity contribution is -0.334. The van der Waals surface area contributed by atoms with Gasteiger partial charge in [-0.2, -0.15) is 0 Å². The molecule has 0 aromatic carbocycles. The van der Waals surface area contributed by atoms with Gasteiger partial charge in [0.05, 0.1) is 0 Å². The fourth-order valence-electron chi connectivity index (χ4n) is 2.67. The highest BCUT2D eigenvalue weighted by molar-refractivity contribution is 5.67. The quantitative estimate of drug-likeness (QED) is 0.484. The molecule has 0 unspecified atom stereocenters. The van der Waals surface area contributed by atoms with Gasteiger partial charge in [-0.15, -0.1) is 0 Å². The molecule has 0 bridgehead atoms. The average Bonchev–Trinajstić information content (AvgIpc) is 2.84. The molecule has 142 valence electrons. The van der Waals surface area contributed by atoms with Crippen LogP contribution < -0.4 is 0 Å². The van der Waals surface area contributed by atoms with Gasteiger partial charge >= 0.3 is 17.9 Å². The van der Waals surface area contributed by atoms with Crippen molar-refractivity contribution in [1.29, 1.82) is 0 Å². The summed E-state index contributed by atoms with van der Waals surface area (Å²) in [6.07, 6.45) is -4.86. The zero-order chi connectivity index (χ0) is 18.8. The molecule has 0 amide bonds. The first-order valence-corrected chi connectivity index (χ1v) is 7.69. The fourth-order valence-corrected chi connectivity index (χ4v) is 2.67. The molecule has 0 aliphatic carbocycles. The highest BCUT2D eigenvalue weighted by atomic mass is 16.9. The van der Waals surface area contributed by atoms with Gasteiger partial charge in [0, 0.05) is 34.8 Å². The van der Waals surface area contributed by atoms with Gasteiger partial charge in [0.2, 0.25) is 0 Å². The molecule has 10 nitrogen and oxygen atoms in total. The second kappa shape index (κ2) is 7.65. The van der Waals surface area contributed by atoms with E-state index in [9.17, 15) is 14.4 Å². The normalized spacial score (nSPS) is 37.1. The second-order valence-electron chi connectivity index (χ2n) is 5.76. The van der Waals surface area contributed by atoms with Crippen molar-refractivity contribution < 1.29 is 47.5 Å². The monoisotopic (exact) mass is 362 g/mol. The molecule has 6 atom stereocenters. The van der Waals surface area contributed by atoms with E-state index in [1.165, 1.54) is 34.8 Å². The number of carbonyl (C=O) groups is 3. The first-order valence-electron chi connectivity index (χ1n) is 7.69. The number of hydrogen-bond acceptors (Lipinski definition) is 10. The summed E-state index contributed by atoms with van der Waals surface area (Å²) in [6.45, 7) is 4.93. The van der Waals surface area contributed by atoms with E-state index in [1.54, 1.807) is 0 Å². The van der Waals surface area contributed by atoms with Gasteiger partial charge in [0.25, 0.3) is 5.97 Å². The summed E-state index contributed by atoms with van der Waals surface area (Å²) in [5, 5.41) is 0. The van der Waals surface area contributed by atoms with Crippen LogP contribution in [0.4, 0.5) is 0 Å². The van der Waals surface area contributed by atoms with Crippen molar-refractivity contribution in [3.8, 4) is 0 Å².